The molecule has 1 heterocycles. The van der Waals surface area contributed by atoms with Gasteiger partial charge in [0.05, 0.1) is 10.2 Å². The van der Waals surface area contributed by atoms with Crippen molar-refractivity contribution >= 4 is 63.1 Å². The van der Waals surface area contributed by atoms with Crippen molar-refractivity contribution in [1.82, 2.24) is 4.98 Å². The molecule has 1 aromatic heterocycles. The number of carboxylic acid groups (broad SMARTS) is 1. The molecule has 0 bridgehead atoms. The van der Waals surface area contributed by atoms with E-state index in [0.29, 0.717) is 39.8 Å². The van der Waals surface area contributed by atoms with Crippen LogP contribution in [0.4, 0.5) is 10.5 Å². The molecule has 0 saturated heterocycles. The summed E-state index contributed by atoms with van der Waals surface area (Å²) in [7, 11) is 0. The highest BCUT2D eigenvalue weighted by atomic mass is 35.5. The topological polar surface area (TPSA) is 82.6 Å². The number of thiazole rings is 1. The van der Waals surface area contributed by atoms with Crippen molar-refractivity contribution in [2.75, 3.05) is 11.4 Å². The molecule has 3 aromatic rings. The van der Waals surface area contributed by atoms with Crippen molar-refractivity contribution in [2.45, 2.75) is 19.3 Å². The van der Waals surface area contributed by atoms with Gasteiger partial charge in [-0.1, -0.05) is 11.6 Å². The molecule has 0 unspecified atom stereocenters. The minimum Gasteiger partial charge on any atom is -0.481 e. The summed E-state index contributed by atoms with van der Waals surface area (Å²) in [4.78, 5) is 28.1. The Labute approximate surface area is 175 Å². The van der Waals surface area contributed by atoms with Crippen LogP contribution in [0, 0.1) is 3.95 Å². The SMILES string of the molecule is O=C(O)CCCCN(C(=O)Oc1ccc(Cl)cc1)c1ccc2[nH]c(=S)sc2c1. The number of ether oxygens (including phenoxy) is 1. The molecular weight excluding hydrogens is 420 g/mol. The van der Waals surface area contributed by atoms with Crippen molar-refractivity contribution in [2.24, 2.45) is 0 Å². The lowest BCUT2D eigenvalue weighted by Gasteiger charge is -2.22. The van der Waals surface area contributed by atoms with Crippen molar-refractivity contribution in [3.8, 4) is 5.75 Å². The lowest BCUT2D eigenvalue weighted by Crippen LogP contribution is -2.34. The maximum atomic E-state index is 12.8. The molecule has 146 valence electrons. The van der Waals surface area contributed by atoms with Gasteiger partial charge in [0.1, 0.15) is 5.75 Å². The van der Waals surface area contributed by atoms with E-state index in [2.05, 4.69) is 4.98 Å². The number of carbonyl (C=O) groups is 2. The summed E-state index contributed by atoms with van der Waals surface area (Å²) in [6.45, 7) is 0.334. The smallest absolute Gasteiger partial charge is 0.419 e. The Hall–Kier alpha value is -2.42. The molecule has 3 rings (SSSR count). The summed E-state index contributed by atoms with van der Waals surface area (Å²) < 4.78 is 7.05. The number of H-pyrrole nitrogens is 1. The number of anilines is 1. The molecule has 0 aliphatic carbocycles. The second-order valence-corrected chi connectivity index (χ2v) is 8.17. The molecule has 0 aliphatic rings. The Kier molecular flexibility index (Phi) is 6.66. The molecule has 9 heteroatoms. The van der Waals surface area contributed by atoms with Crippen molar-refractivity contribution in [3.05, 3.63) is 51.4 Å². The first kappa shape index (κ1) is 20.3. The van der Waals surface area contributed by atoms with Gasteiger partial charge in [0.2, 0.25) is 0 Å². The van der Waals surface area contributed by atoms with E-state index in [1.165, 1.54) is 16.2 Å². The van der Waals surface area contributed by atoms with Crippen molar-refractivity contribution in [1.29, 1.82) is 0 Å². The molecule has 0 aliphatic heterocycles. The molecule has 2 N–H and O–H groups in total. The molecule has 1 amide bonds. The lowest BCUT2D eigenvalue weighted by atomic mass is 10.2. The molecule has 0 radical (unpaired) electrons. The number of aliphatic carboxylic acids is 1. The van der Waals surface area contributed by atoms with E-state index < -0.39 is 12.1 Å². The van der Waals surface area contributed by atoms with E-state index in [1.807, 2.05) is 12.1 Å². The van der Waals surface area contributed by atoms with E-state index in [0.717, 1.165) is 10.2 Å². The van der Waals surface area contributed by atoms with Gasteiger partial charge in [-0.3, -0.25) is 9.69 Å². The monoisotopic (exact) mass is 436 g/mol. The number of carbonyl (C=O) groups excluding carboxylic acids is 1. The van der Waals surface area contributed by atoms with Gasteiger partial charge >= 0.3 is 12.1 Å². The Morgan fingerprint density at radius 1 is 1.18 bits per heavy atom. The zero-order valence-electron chi connectivity index (χ0n) is 14.7. The van der Waals surface area contributed by atoms with Crippen LogP contribution in [0.5, 0.6) is 5.75 Å². The van der Waals surface area contributed by atoms with E-state index in [9.17, 15) is 9.59 Å². The largest absolute Gasteiger partial charge is 0.481 e. The summed E-state index contributed by atoms with van der Waals surface area (Å²) in [5, 5.41) is 9.36. The highest BCUT2D eigenvalue weighted by molar-refractivity contribution is 7.73. The number of halogens is 1. The van der Waals surface area contributed by atoms with Crippen molar-refractivity contribution in [3.63, 3.8) is 0 Å². The minimum atomic E-state index is -0.858. The molecule has 0 fully saturated rings. The van der Waals surface area contributed by atoms with Crippen LogP contribution in [-0.2, 0) is 4.79 Å². The Morgan fingerprint density at radius 2 is 1.93 bits per heavy atom. The average Bonchev–Trinajstić information content (AvgIpc) is 3.02. The van der Waals surface area contributed by atoms with Gasteiger partial charge in [0, 0.05) is 23.7 Å². The zero-order valence-corrected chi connectivity index (χ0v) is 17.1. The summed E-state index contributed by atoms with van der Waals surface area (Å²) in [5.74, 6) is -0.480. The standard InChI is InChI=1S/C19H17ClN2O4S2/c20-12-4-7-14(8-5-12)26-19(25)22(10-2-1-3-17(23)24)13-6-9-15-16(11-13)28-18(27)21-15/h4-9,11H,1-3,10H2,(H,21,27)(H,23,24). The molecule has 28 heavy (non-hydrogen) atoms. The van der Waals surface area contributed by atoms with Crippen LogP contribution >= 0.6 is 35.2 Å². The predicted molar refractivity (Wildman–Crippen MR) is 113 cm³/mol. The molecule has 6 nitrogen and oxygen atoms in total. The second kappa shape index (κ2) is 9.18. The zero-order chi connectivity index (χ0) is 20.1. The summed E-state index contributed by atoms with van der Waals surface area (Å²) in [5.41, 5.74) is 1.56. The number of benzene rings is 2. The van der Waals surface area contributed by atoms with Gasteiger partial charge in [0.25, 0.3) is 0 Å². The first-order valence-corrected chi connectivity index (χ1v) is 10.1. The third-order valence-electron chi connectivity index (χ3n) is 3.98. The Bertz CT molecular complexity index is 1050. The molecule has 0 atom stereocenters. The number of hydrogen-bond donors (Lipinski definition) is 2. The predicted octanol–water partition coefficient (Wildman–Crippen LogP) is 5.87. The van der Waals surface area contributed by atoms with Gasteiger partial charge in [-0.15, -0.1) is 11.3 Å². The van der Waals surface area contributed by atoms with Gasteiger partial charge in [-0.05, 0) is 67.5 Å². The summed E-state index contributed by atoms with van der Waals surface area (Å²) in [6, 6.07) is 12.0. The number of aromatic nitrogens is 1. The minimum absolute atomic E-state index is 0.0539. The number of carboxylic acids is 1. The van der Waals surface area contributed by atoms with Crippen LogP contribution in [0.2, 0.25) is 5.02 Å². The molecular formula is C19H17ClN2O4S2. The van der Waals surface area contributed by atoms with Gasteiger partial charge in [-0.2, -0.15) is 0 Å². The molecule has 0 spiro atoms. The van der Waals surface area contributed by atoms with E-state index in [4.69, 9.17) is 33.7 Å². The Morgan fingerprint density at radius 3 is 2.64 bits per heavy atom. The van der Waals surface area contributed by atoms with Gasteiger partial charge in [0.15, 0.2) is 3.95 Å². The maximum Gasteiger partial charge on any atom is 0.419 e. The van der Waals surface area contributed by atoms with Crippen LogP contribution in [0.1, 0.15) is 19.3 Å². The third kappa shape index (κ3) is 5.31. The van der Waals surface area contributed by atoms with Gasteiger partial charge in [-0.25, -0.2) is 4.79 Å². The normalized spacial score (nSPS) is 10.8. The Balaban J connectivity index is 1.81. The van der Waals surface area contributed by atoms with Crippen LogP contribution in [0.25, 0.3) is 10.2 Å². The fraction of sp³-hybridized carbons (Fsp3) is 0.211. The first-order valence-electron chi connectivity index (χ1n) is 8.52. The number of nitrogens with one attached hydrogen (secondary N) is 1. The van der Waals surface area contributed by atoms with Gasteiger partial charge < -0.3 is 14.8 Å². The van der Waals surface area contributed by atoms with Crippen LogP contribution in [0.15, 0.2) is 42.5 Å². The van der Waals surface area contributed by atoms with E-state index in [1.54, 1.807) is 30.3 Å². The quantitative estimate of drug-likeness (QED) is 0.357. The molecule has 0 saturated carbocycles. The number of nitrogens with zero attached hydrogens (tertiary/aromatic N) is 1. The number of amides is 1. The van der Waals surface area contributed by atoms with E-state index in [-0.39, 0.29) is 6.42 Å². The summed E-state index contributed by atoms with van der Waals surface area (Å²) >= 11 is 12.5. The van der Waals surface area contributed by atoms with Crippen LogP contribution in [0.3, 0.4) is 0 Å². The van der Waals surface area contributed by atoms with E-state index >= 15 is 0 Å². The van der Waals surface area contributed by atoms with Crippen LogP contribution in [-0.4, -0.2) is 28.7 Å². The number of rotatable bonds is 7. The number of aromatic amines is 1. The fourth-order valence-electron chi connectivity index (χ4n) is 2.63. The lowest BCUT2D eigenvalue weighted by molar-refractivity contribution is -0.137. The summed E-state index contributed by atoms with van der Waals surface area (Å²) in [6.07, 6.45) is 0.503. The highest BCUT2D eigenvalue weighted by Gasteiger charge is 2.19. The van der Waals surface area contributed by atoms with Crippen LogP contribution < -0.4 is 9.64 Å². The first-order chi connectivity index (χ1) is 13.4. The molecule has 2 aromatic carbocycles. The maximum absolute atomic E-state index is 12.8. The number of fused-ring (bicyclic) bond motifs is 1. The average molecular weight is 437 g/mol. The van der Waals surface area contributed by atoms with Crippen molar-refractivity contribution < 1.29 is 19.4 Å². The second-order valence-electron chi connectivity index (χ2n) is 6.02. The number of unbranched alkanes of at least 4 members (excludes halogenated alkanes) is 1. The highest BCUT2D eigenvalue weighted by Crippen LogP contribution is 2.27. The fourth-order valence-corrected chi connectivity index (χ4v) is 3.91. The third-order valence-corrected chi connectivity index (χ3v) is 5.43. The number of hydrogen-bond acceptors (Lipinski definition) is 5.